The van der Waals surface area contributed by atoms with Gasteiger partial charge in [0.05, 0.1) is 6.54 Å². The molecule has 2 heterocycles. The number of hydrogen-bond donors (Lipinski definition) is 1. The molecule has 0 aliphatic carbocycles. The maximum atomic E-state index is 5.34. The fourth-order valence-electron chi connectivity index (χ4n) is 2.53. The third kappa shape index (κ3) is 3.09. The van der Waals surface area contributed by atoms with Crippen LogP contribution in [0.5, 0.6) is 0 Å². The highest BCUT2D eigenvalue weighted by Gasteiger charge is 2.28. The molecule has 0 aromatic carbocycles. The second-order valence-corrected chi connectivity index (χ2v) is 5.45. The number of rotatable bonds is 5. The molecule has 1 aliphatic heterocycles. The zero-order valence-corrected chi connectivity index (χ0v) is 11.8. The fourth-order valence-corrected chi connectivity index (χ4v) is 2.53. The number of likely N-dealkylation sites (tertiary alicyclic amines) is 1. The van der Waals surface area contributed by atoms with E-state index in [1.54, 1.807) is 0 Å². The van der Waals surface area contributed by atoms with E-state index < -0.39 is 0 Å². The third-order valence-corrected chi connectivity index (χ3v) is 3.94. The summed E-state index contributed by atoms with van der Waals surface area (Å²) in [6.07, 6.45) is 3.34. The second kappa shape index (κ2) is 5.80. The largest absolute Gasteiger partial charge is 0.338 e. The van der Waals surface area contributed by atoms with Crippen LogP contribution in [0.2, 0.25) is 0 Å². The van der Waals surface area contributed by atoms with Crippen LogP contribution in [-0.4, -0.2) is 40.2 Å². The van der Waals surface area contributed by atoms with E-state index in [1.807, 2.05) is 7.05 Å². The van der Waals surface area contributed by atoms with Crippen LogP contribution in [0, 0.1) is 0 Å². The van der Waals surface area contributed by atoms with Crippen LogP contribution in [0.15, 0.2) is 4.52 Å². The summed E-state index contributed by atoms with van der Waals surface area (Å²) in [7, 11) is 1.94. The van der Waals surface area contributed by atoms with Crippen molar-refractivity contribution in [2.24, 2.45) is 0 Å². The van der Waals surface area contributed by atoms with Crippen molar-refractivity contribution in [1.82, 2.24) is 20.4 Å². The molecule has 1 aromatic heterocycles. The molecule has 18 heavy (non-hydrogen) atoms. The summed E-state index contributed by atoms with van der Waals surface area (Å²) in [6.45, 7) is 7.43. The smallest absolute Gasteiger partial charge is 0.240 e. The van der Waals surface area contributed by atoms with Gasteiger partial charge in [0.2, 0.25) is 5.89 Å². The van der Waals surface area contributed by atoms with Crippen LogP contribution >= 0.6 is 0 Å². The number of hydrogen-bond acceptors (Lipinski definition) is 5. The van der Waals surface area contributed by atoms with Gasteiger partial charge in [0.1, 0.15) is 0 Å². The SMILES string of the molecule is CNC(C)Cc1noc(CN2C(C)CCC2C)n1. The van der Waals surface area contributed by atoms with Crippen LogP contribution in [-0.2, 0) is 13.0 Å². The Bertz CT molecular complexity index is 369. The number of likely N-dealkylation sites (N-methyl/N-ethyl adjacent to an activating group) is 1. The zero-order chi connectivity index (χ0) is 13.1. The van der Waals surface area contributed by atoms with Crippen molar-refractivity contribution in [3.8, 4) is 0 Å². The zero-order valence-electron chi connectivity index (χ0n) is 11.8. The van der Waals surface area contributed by atoms with Gasteiger partial charge in [0.25, 0.3) is 0 Å². The highest BCUT2D eigenvalue weighted by atomic mass is 16.5. The molecule has 2 rings (SSSR count). The topological polar surface area (TPSA) is 54.2 Å². The lowest BCUT2D eigenvalue weighted by Gasteiger charge is -2.23. The Morgan fingerprint density at radius 2 is 2.06 bits per heavy atom. The van der Waals surface area contributed by atoms with E-state index in [0.29, 0.717) is 18.1 Å². The van der Waals surface area contributed by atoms with Crippen molar-refractivity contribution in [3.63, 3.8) is 0 Å². The van der Waals surface area contributed by atoms with E-state index in [2.05, 4.69) is 41.1 Å². The molecule has 5 heteroatoms. The van der Waals surface area contributed by atoms with E-state index in [4.69, 9.17) is 4.52 Å². The minimum atomic E-state index is 0.375. The van der Waals surface area contributed by atoms with Gasteiger partial charge in [-0.25, -0.2) is 0 Å². The summed E-state index contributed by atoms with van der Waals surface area (Å²) >= 11 is 0. The lowest BCUT2D eigenvalue weighted by Crippen LogP contribution is -2.32. The molecule has 1 aliphatic rings. The maximum Gasteiger partial charge on any atom is 0.240 e. The molecule has 1 saturated heterocycles. The van der Waals surface area contributed by atoms with Gasteiger partial charge >= 0.3 is 0 Å². The van der Waals surface area contributed by atoms with E-state index in [1.165, 1.54) is 12.8 Å². The lowest BCUT2D eigenvalue weighted by molar-refractivity contribution is 0.177. The number of nitrogens with zero attached hydrogens (tertiary/aromatic N) is 3. The standard InChI is InChI=1S/C13H24N4O/c1-9(14-4)7-12-15-13(18-16-12)8-17-10(2)5-6-11(17)3/h9-11,14H,5-8H2,1-4H3. The summed E-state index contributed by atoms with van der Waals surface area (Å²) in [5.74, 6) is 1.54. The minimum absolute atomic E-state index is 0.375. The van der Waals surface area contributed by atoms with Crippen molar-refractivity contribution in [1.29, 1.82) is 0 Å². The van der Waals surface area contributed by atoms with Crippen molar-refractivity contribution in [3.05, 3.63) is 11.7 Å². The maximum absolute atomic E-state index is 5.34. The van der Waals surface area contributed by atoms with E-state index >= 15 is 0 Å². The molecular weight excluding hydrogens is 228 g/mol. The van der Waals surface area contributed by atoms with Gasteiger partial charge in [0.15, 0.2) is 5.82 Å². The first-order valence-corrected chi connectivity index (χ1v) is 6.84. The number of nitrogens with one attached hydrogen (secondary N) is 1. The predicted octanol–water partition coefficient (Wildman–Crippen LogP) is 1.59. The summed E-state index contributed by atoms with van der Waals surface area (Å²) in [5.41, 5.74) is 0. The average molecular weight is 252 g/mol. The minimum Gasteiger partial charge on any atom is -0.338 e. The molecule has 5 nitrogen and oxygen atoms in total. The molecule has 0 saturated carbocycles. The molecule has 0 bridgehead atoms. The molecule has 1 N–H and O–H groups in total. The van der Waals surface area contributed by atoms with Crippen molar-refractivity contribution < 1.29 is 4.52 Å². The Balaban J connectivity index is 1.94. The average Bonchev–Trinajstić information content (AvgIpc) is 2.91. The van der Waals surface area contributed by atoms with Gasteiger partial charge in [-0.3, -0.25) is 4.90 Å². The normalized spacial score (nSPS) is 26.7. The Morgan fingerprint density at radius 3 is 2.67 bits per heavy atom. The quantitative estimate of drug-likeness (QED) is 0.862. The molecule has 102 valence electrons. The van der Waals surface area contributed by atoms with Crippen LogP contribution < -0.4 is 5.32 Å². The fraction of sp³-hybridized carbons (Fsp3) is 0.846. The first kappa shape index (κ1) is 13.5. The Kier molecular flexibility index (Phi) is 4.35. The van der Waals surface area contributed by atoms with Gasteiger partial charge in [0, 0.05) is 24.5 Å². The molecule has 1 aromatic rings. The van der Waals surface area contributed by atoms with E-state index in [-0.39, 0.29) is 0 Å². The first-order chi connectivity index (χ1) is 8.60. The first-order valence-electron chi connectivity index (χ1n) is 6.84. The summed E-state index contributed by atoms with van der Waals surface area (Å²) in [4.78, 5) is 6.91. The molecule has 3 atom stereocenters. The van der Waals surface area contributed by atoms with Crippen LogP contribution in [0.4, 0.5) is 0 Å². The van der Waals surface area contributed by atoms with Crippen molar-refractivity contribution in [2.75, 3.05) is 7.05 Å². The predicted molar refractivity (Wildman–Crippen MR) is 70.2 cm³/mol. The van der Waals surface area contributed by atoms with Gasteiger partial charge in [-0.1, -0.05) is 5.16 Å². The Labute approximate surface area is 109 Å². The van der Waals surface area contributed by atoms with Crippen LogP contribution in [0.3, 0.4) is 0 Å². The summed E-state index contributed by atoms with van der Waals surface area (Å²) in [5, 5.41) is 7.22. The Hall–Kier alpha value is -0.940. The molecule has 0 radical (unpaired) electrons. The highest BCUT2D eigenvalue weighted by Crippen LogP contribution is 2.25. The van der Waals surface area contributed by atoms with E-state index in [0.717, 1.165) is 24.7 Å². The molecule has 0 spiro atoms. The van der Waals surface area contributed by atoms with E-state index in [9.17, 15) is 0 Å². The molecular formula is C13H24N4O. The Morgan fingerprint density at radius 1 is 1.39 bits per heavy atom. The van der Waals surface area contributed by atoms with Crippen molar-refractivity contribution >= 4 is 0 Å². The monoisotopic (exact) mass is 252 g/mol. The summed E-state index contributed by atoms with van der Waals surface area (Å²) in [6, 6.07) is 1.61. The number of aromatic nitrogens is 2. The summed E-state index contributed by atoms with van der Waals surface area (Å²) < 4.78 is 5.34. The van der Waals surface area contributed by atoms with Gasteiger partial charge in [-0.15, -0.1) is 0 Å². The lowest BCUT2D eigenvalue weighted by atomic mass is 10.2. The van der Waals surface area contributed by atoms with Gasteiger partial charge in [-0.2, -0.15) is 4.98 Å². The van der Waals surface area contributed by atoms with Gasteiger partial charge < -0.3 is 9.84 Å². The van der Waals surface area contributed by atoms with Crippen LogP contribution in [0.25, 0.3) is 0 Å². The molecule has 3 unspecified atom stereocenters. The third-order valence-electron chi connectivity index (χ3n) is 3.94. The van der Waals surface area contributed by atoms with Crippen LogP contribution in [0.1, 0.15) is 45.3 Å². The molecule has 0 amide bonds. The second-order valence-electron chi connectivity index (χ2n) is 5.45. The highest BCUT2D eigenvalue weighted by molar-refractivity contribution is 4.92. The van der Waals surface area contributed by atoms with Gasteiger partial charge in [-0.05, 0) is 40.7 Å². The van der Waals surface area contributed by atoms with Crippen molar-refractivity contribution in [2.45, 2.75) is 64.7 Å². The molecule has 1 fully saturated rings.